The van der Waals surface area contributed by atoms with E-state index in [0.717, 1.165) is 0 Å². The molecule has 2 aromatic carbocycles. The van der Waals surface area contributed by atoms with Gasteiger partial charge in [-0.2, -0.15) is 10.5 Å². The van der Waals surface area contributed by atoms with Crippen LogP contribution in [0.1, 0.15) is 31.4 Å². The fraction of sp³-hybridized carbons (Fsp3) is 0.304. The van der Waals surface area contributed by atoms with E-state index in [9.17, 15) is 10.2 Å². The maximum atomic E-state index is 11.9. The topological polar surface area (TPSA) is 335 Å². The summed E-state index contributed by atoms with van der Waals surface area (Å²) >= 11 is 0. The van der Waals surface area contributed by atoms with Crippen LogP contribution in [0.3, 0.4) is 0 Å². The van der Waals surface area contributed by atoms with Gasteiger partial charge in [0.1, 0.15) is 11.5 Å². The number of aliphatic imine (C=N–C) groups is 2. The SMILES string of the molecule is CC#N.CC#N.COc1cccc(C=NCCCN=Cc2cccc(OC)c2[O-])c1[O-].O=[N+]([O-])[O-].O=[N+]([O-])[O-].O=[N+]([O-])[O-].[Ce+3].[Ni+2]. The normalized spacial score (nSPS) is 8.22. The van der Waals surface area contributed by atoms with Crippen LogP contribution in [-0.4, -0.2) is 55.0 Å². The van der Waals surface area contributed by atoms with Crippen molar-refractivity contribution < 1.29 is 93.2 Å². The van der Waals surface area contributed by atoms with E-state index >= 15 is 0 Å². The second-order valence-electron chi connectivity index (χ2n) is 6.30. The van der Waals surface area contributed by atoms with E-state index < -0.39 is 15.3 Å². The zero-order valence-electron chi connectivity index (χ0n) is 24.0. The molecule has 0 N–H and O–H groups in total. The van der Waals surface area contributed by atoms with Crippen molar-refractivity contribution in [2.75, 3.05) is 27.3 Å². The molecule has 20 nitrogen and oxygen atoms in total. The zero-order valence-corrected chi connectivity index (χ0v) is 28.1. The Labute approximate surface area is 300 Å². The van der Waals surface area contributed by atoms with E-state index in [1.807, 2.05) is 0 Å². The van der Waals surface area contributed by atoms with Crippen molar-refractivity contribution in [1.29, 1.82) is 10.5 Å². The fourth-order valence-electron chi connectivity index (χ4n) is 2.17. The van der Waals surface area contributed by atoms with Crippen LogP contribution in [0.4, 0.5) is 0 Å². The Morgan fingerprint density at radius 2 is 0.956 bits per heavy atom. The number of nitriles is 2. The summed E-state index contributed by atoms with van der Waals surface area (Å²) in [6.07, 6.45) is 3.81. The van der Waals surface area contributed by atoms with Gasteiger partial charge in [-0.05, 0) is 29.7 Å². The summed E-state index contributed by atoms with van der Waals surface area (Å²) in [5, 5.41) is 82.7. The first-order chi connectivity index (χ1) is 20.2. The Hall–Kier alpha value is -4.57. The van der Waals surface area contributed by atoms with Crippen LogP contribution in [0, 0.1) is 110 Å². The van der Waals surface area contributed by atoms with Gasteiger partial charge < -0.3 is 65.7 Å². The van der Waals surface area contributed by atoms with Gasteiger partial charge in [-0.1, -0.05) is 35.8 Å². The molecule has 22 heteroatoms. The Balaban J connectivity index is -0.000000157. The van der Waals surface area contributed by atoms with Crippen molar-refractivity contribution in [2.45, 2.75) is 20.3 Å². The summed E-state index contributed by atoms with van der Waals surface area (Å²) < 4.78 is 9.97. The van der Waals surface area contributed by atoms with Crippen LogP contribution in [0.2, 0.25) is 0 Å². The standard InChI is InChI=1S/C19H22N2O4.2C2H3N.Ce.3NO3.Ni/c1-24-16-8-3-6-14(18(16)22)12-20-10-5-11-21-13-15-7-4-9-17(25-2)19(15)23;2*1-2-3;;3*2-1(3)4;/h3-4,6-9,12-13,22-23H,5,10-11H2,1-2H3;2*1H3;;;;;/q;;;+3;3*-1;+2/p-2. The van der Waals surface area contributed by atoms with Gasteiger partial charge in [-0.15, -0.1) is 0 Å². The van der Waals surface area contributed by atoms with Gasteiger partial charge in [0.2, 0.25) is 0 Å². The van der Waals surface area contributed by atoms with Crippen LogP contribution in [0.15, 0.2) is 46.4 Å². The third kappa shape index (κ3) is 39.4. The Morgan fingerprint density at radius 3 is 1.18 bits per heavy atom. The second-order valence-corrected chi connectivity index (χ2v) is 6.30. The van der Waals surface area contributed by atoms with Crippen molar-refractivity contribution in [1.82, 2.24) is 0 Å². The molecular weight excluding hydrogens is 781 g/mol. The molecule has 45 heavy (non-hydrogen) atoms. The molecule has 2 rings (SSSR count). The molecule has 0 saturated carbocycles. The molecule has 0 atom stereocenters. The molecule has 0 aromatic heterocycles. The van der Waals surface area contributed by atoms with Crippen molar-refractivity contribution in [3.05, 3.63) is 93.5 Å². The van der Waals surface area contributed by atoms with Gasteiger partial charge in [-0.25, -0.2) is 0 Å². The molecule has 0 saturated heterocycles. The monoisotopic (exact) mass is 806 g/mol. The number of nitrogens with zero attached hydrogens (tertiary/aromatic N) is 7. The summed E-state index contributed by atoms with van der Waals surface area (Å²) in [5.74, 6) is 0.265. The molecule has 0 unspecified atom stereocenters. The van der Waals surface area contributed by atoms with E-state index in [-0.39, 0.29) is 69.7 Å². The van der Waals surface area contributed by atoms with Crippen LogP contribution >= 0.6 is 0 Å². The van der Waals surface area contributed by atoms with Gasteiger partial charge in [-0.3, -0.25) is 9.98 Å². The third-order valence-electron chi connectivity index (χ3n) is 3.49. The molecule has 0 aliphatic rings. The molecule has 0 spiro atoms. The van der Waals surface area contributed by atoms with E-state index in [1.54, 1.807) is 61.0 Å². The van der Waals surface area contributed by atoms with Crippen LogP contribution < -0.4 is 19.7 Å². The number of ether oxygens (including phenoxy) is 2. The van der Waals surface area contributed by atoms with Crippen molar-refractivity contribution in [3.8, 4) is 35.1 Å². The first-order valence-electron chi connectivity index (χ1n) is 10.9. The van der Waals surface area contributed by atoms with Gasteiger partial charge in [0.15, 0.2) is 0 Å². The fourth-order valence-corrected chi connectivity index (χ4v) is 2.17. The quantitative estimate of drug-likeness (QED) is 0.121. The van der Waals surface area contributed by atoms with Crippen molar-refractivity contribution in [3.63, 3.8) is 0 Å². The van der Waals surface area contributed by atoms with E-state index in [0.29, 0.717) is 42.1 Å². The molecule has 0 amide bonds. The predicted molar refractivity (Wildman–Crippen MR) is 148 cm³/mol. The summed E-state index contributed by atoms with van der Waals surface area (Å²) in [6, 6.07) is 13.6. The Bertz CT molecular complexity index is 1120. The first-order valence-corrected chi connectivity index (χ1v) is 10.9. The summed E-state index contributed by atoms with van der Waals surface area (Å²) in [6.45, 7) is 3.94. The second kappa shape index (κ2) is 37.5. The molecule has 0 heterocycles. The van der Waals surface area contributed by atoms with Crippen LogP contribution in [-0.2, 0) is 16.5 Å². The molecule has 245 valence electrons. The van der Waals surface area contributed by atoms with Crippen LogP contribution in [0.25, 0.3) is 0 Å². The number of methoxy groups -OCH3 is 2. The number of para-hydroxylation sites is 2. The number of hydrogen-bond donors (Lipinski definition) is 0. The number of hydrogen-bond acceptors (Lipinski definition) is 17. The van der Waals surface area contributed by atoms with Gasteiger partial charge in [0.05, 0.1) is 41.6 Å². The van der Waals surface area contributed by atoms with E-state index in [1.165, 1.54) is 28.1 Å². The van der Waals surface area contributed by atoms with Crippen molar-refractivity contribution >= 4 is 12.4 Å². The minimum absolute atomic E-state index is 0. The zero-order chi connectivity index (χ0) is 34.2. The summed E-state index contributed by atoms with van der Waals surface area (Å²) in [7, 11) is 2.93. The van der Waals surface area contributed by atoms with E-state index in [4.69, 9.17) is 66.0 Å². The van der Waals surface area contributed by atoms with Crippen LogP contribution in [0.5, 0.6) is 23.0 Å². The Kier molecular flexibility index (Phi) is 44.1. The largest absolute Gasteiger partial charge is 3.00 e. The molecular formula is C23H26CeN7NiO13. The van der Waals surface area contributed by atoms with Gasteiger partial charge in [0, 0.05) is 39.4 Å². The molecule has 0 fully saturated rings. The van der Waals surface area contributed by atoms with E-state index in [2.05, 4.69) is 9.98 Å². The number of rotatable bonds is 8. The molecule has 1 radical (unpaired) electrons. The predicted octanol–water partition coefficient (Wildman–Crippen LogP) is 2.12. The summed E-state index contributed by atoms with van der Waals surface area (Å²) in [5.41, 5.74) is 0.991. The third-order valence-corrected chi connectivity index (χ3v) is 3.49. The minimum atomic E-state index is -1.75. The van der Waals surface area contributed by atoms with Gasteiger partial charge in [0.25, 0.3) is 0 Å². The molecule has 0 aliphatic carbocycles. The Morgan fingerprint density at radius 1 is 0.711 bits per heavy atom. The molecule has 2 aromatic rings. The molecule has 0 bridgehead atoms. The smallest absolute Gasteiger partial charge is 0.870 e. The van der Waals surface area contributed by atoms with Crippen molar-refractivity contribution in [2.24, 2.45) is 9.98 Å². The average Bonchev–Trinajstić information content (AvgIpc) is 2.90. The van der Waals surface area contributed by atoms with Gasteiger partial charge >= 0.3 is 58.2 Å². The number of benzene rings is 2. The maximum Gasteiger partial charge on any atom is 3.00 e. The maximum absolute atomic E-state index is 11.9. The average molecular weight is 807 g/mol. The summed E-state index contributed by atoms with van der Waals surface area (Å²) in [4.78, 5) is 33.2. The molecule has 0 aliphatic heterocycles. The minimum Gasteiger partial charge on any atom is -0.870 e. The first kappa shape index (κ1) is 53.0.